The number of rotatable bonds is 6. The molecule has 1 heterocycles. The van der Waals surface area contributed by atoms with E-state index in [1.54, 1.807) is 63.7 Å². The Morgan fingerprint density at radius 3 is 2.67 bits per heavy atom. The summed E-state index contributed by atoms with van der Waals surface area (Å²) < 4.78 is 15.9. The normalized spacial score (nSPS) is 10.5. The van der Waals surface area contributed by atoms with Crippen molar-refractivity contribution in [3.63, 3.8) is 0 Å². The molecule has 0 spiro atoms. The molecule has 0 aliphatic heterocycles. The molecule has 0 bridgehead atoms. The predicted octanol–water partition coefficient (Wildman–Crippen LogP) is 3.34. The molecule has 0 fully saturated rings. The van der Waals surface area contributed by atoms with Gasteiger partial charge in [-0.3, -0.25) is 4.79 Å². The number of nitrogens with zero attached hydrogens (tertiary/aromatic N) is 2. The van der Waals surface area contributed by atoms with Crippen molar-refractivity contribution in [2.45, 2.75) is 6.54 Å². The van der Waals surface area contributed by atoms with Gasteiger partial charge >= 0.3 is 0 Å². The Bertz CT molecular complexity index is 951. The van der Waals surface area contributed by atoms with Crippen molar-refractivity contribution >= 4 is 5.91 Å². The highest BCUT2D eigenvalue weighted by Crippen LogP contribution is 2.33. The van der Waals surface area contributed by atoms with Gasteiger partial charge in [-0.2, -0.15) is 0 Å². The Morgan fingerprint density at radius 2 is 1.96 bits per heavy atom. The van der Waals surface area contributed by atoms with Crippen molar-refractivity contribution in [1.29, 1.82) is 0 Å². The minimum atomic E-state index is -0.296. The molecule has 27 heavy (non-hydrogen) atoms. The lowest BCUT2D eigenvalue weighted by Crippen LogP contribution is -2.26. The summed E-state index contributed by atoms with van der Waals surface area (Å²) in [5, 5.41) is 13.4. The minimum Gasteiger partial charge on any atom is -0.508 e. The zero-order valence-corrected chi connectivity index (χ0v) is 15.3. The molecular formula is C20H20N2O5. The van der Waals surface area contributed by atoms with Crippen molar-refractivity contribution in [3.8, 4) is 28.6 Å². The first-order valence-corrected chi connectivity index (χ1v) is 8.24. The maximum atomic E-state index is 12.6. The Balaban J connectivity index is 1.82. The number of methoxy groups -OCH3 is 2. The van der Waals surface area contributed by atoms with E-state index in [1.165, 1.54) is 4.90 Å². The molecule has 0 aliphatic carbocycles. The van der Waals surface area contributed by atoms with Crippen molar-refractivity contribution in [1.82, 2.24) is 10.1 Å². The third-order valence-electron chi connectivity index (χ3n) is 4.08. The van der Waals surface area contributed by atoms with E-state index >= 15 is 0 Å². The van der Waals surface area contributed by atoms with Gasteiger partial charge in [0.15, 0.2) is 11.5 Å². The Morgan fingerprint density at radius 1 is 1.15 bits per heavy atom. The van der Waals surface area contributed by atoms with Crippen LogP contribution in [-0.2, 0) is 6.54 Å². The molecular weight excluding hydrogens is 348 g/mol. The van der Waals surface area contributed by atoms with E-state index in [1.807, 2.05) is 6.07 Å². The number of hydrogen-bond donors (Lipinski definition) is 1. The van der Waals surface area contributed by atoms with Crippen LogP contribution in [0.25, 0.3) is 11.3 Å². The number of carbonyl (C=O) groups excluding carboxylic acids is 1. The van der Waals surface area contributed by atoms with Gasteiger partial charge in [0.05, 0.1) is 19.8 Å². The first kappa shape index (κ1) is 18.3. The van der Waals surface area contributed by atoms with E-state index in [0.29, 0.717) is 29.4 Å². The third kappa shape index (κ3) is 4.03. The summed E-state index contributed by atoms with van der Waals surface area (Å²) in [6.45, 7) is 0.331. The lowest BCUT2D eigenvalue weighted by Gasteiger charge is -2.15. The molecule has 0 atom stereocenters. The zero-order chi connectivity index (χ0) is 19.4. The highest BCUT2D eigenvalue weighted by atomic mass is 16.5. The highest BCUT2D eigenvalue weighted by Gasteiger charge is 2.20. The van der Waals surface area contributed by atoms with E-state index in [0.717, 1.165) is 5.56 Å². The van der Waals surface area contributed by atoms with Crippen molar-refractivity contribution in [2.75, 3.05) is 21.3 Å². The standard InChI is InChI=1S/C20H20N2O5/c1-22(12-13-5-4-6-14(23)9-13)20(24)17-11-19(27-21-17)16-10-15(25-2)7-8-18(16)26-3/h4-11,23H,12H2,1-3H3. The van der Waals surface area contributed by atoms with Crippen LogP contribution in [0.4, 0.5) is 0 Å². The van der Waals surface area contributed by atoms with Gasteiger partial charge in [0, 0.05) is 19.7 Å². The second kappa shape index (κ2) is 7.82. The van der Waals surface area contributed by atoms with Gasteiger partial charge in [0.2, 0.25) is 0 Å². The molecule has 7 heteroatoms. The number of phenolic OH excluding ortho intramolecular Hbond substituents is 1. The fourth-order valence-corrected chi connectivity index (χ4v) is 2.71. The second-order valence-electron chi connectivity index (χ2n) is 5.97. The molecule has 3 aromatic rings. The lowest BCUT2D eigenvalue weighted by atomic mass is 10.1. The molecule has 7 nitrogen and oxygen atoms in total. The summed E-state index contributed by atoms with van der Waals surface area (Å²) in [7, 11) is 4.78. The van der Waals surface area contributed by atoms with E-state index in [2.05, 4.69) is 5.16 Å². The molecule has 0 aliphatic rings. The highest BCUT2D eigenvalue weighted by molar-refractivity contribution is 5.93. The van der Waals surface area contributed by atoms with Crippen LogP contribution < -0.4 is 9.47 Å². The van der Waals surface area contributed by atoms with Crippen LogP contribution >= 0.6 is 0 Å². The fraction of sp³-hybridized carbons (Fsp3) is 0.200. The number of aromatic nitrogens is 1. The predicted molar refractivity (Wildman–Crippen MR) is 98.9 cm³/mol. The molecule has 1 N–H and O–H groups in total. The van der Waals surface area contributed by atoms with E-state index in [9.17, 15) is 9.90 Å². The van der Waals surface area contributed by atoms with Gasteiger partial charge in [-0.05, 0) is 35.9 Å². The van der Waals surface area contributed by atoms with Gasteiger partial charge < -0.3 is 24.0 Å². The summed E-state index contributed by atoms with van der Waals surface area (Å²) in [6, 6.07) is 13.6. The summed E-state index contributed by atoms with van der Waals surface area (Å²) in [4.78, 5) is 14.1. The Labute approximate surface area is 156 Å². The lowest BCUT2D eigenvalue weighted by molar-refractivity contribution is 0.0774. The molecule has 3 rings (SSSR count). The van der Waals surface area contributed by atoms with Crippen LogP contribution in [0.1, 0.15) is 16.1 Å². The van der Waals surface area contributed by atoms with Gasteiger partial charge in [-0.1, -0.05) is 17.3 Å². The first-order chi connectivity index (χ1) is 13.0. The molecule has 0 saturated heterocycles. The maximum absolute atomic E-state index is 12.6. The van der Waals surface area contributed by atoms with Crippen LogP contribution in [0, 0.1) is 0 Å². The summed E-state index contributed by atoms with van der Waals surface area (Å²) in [5.74, 6) is 1.48. The van der Waals surface area contributed by atoms with Gasteiger partial charge in [0.1, 0.15) is 17.2 Å². The largest absolute Gasteiger partial charge is 0.508 e. The number of aromatic hydroxyl groups is 1. The summed E-state index contributed by atoms with van der Waals surface area (Å²) in [5.41, 5.74) is 1.63. The topological polar surface area (TPSA) is 85.0 Å². The van der Waals surface area contributed by atoms with Crippen LogP contribution in [0.3, 0.4) is 0 Å². The second-order valence-corrected chi connectivity index (χ2v) is 5.97. The minimum absolute atomic E-state index is 0.155. The number of hydrogen-bond acceptors (Lipinski definition) is 6. The zero-order valence-electron chi connectivity index (χ0n) is 15.3. The van der Waals surface area contributed by atoms with E-state index in [-0.39, 0.29) is 17.4 Å². The van der Waals surface area contributed by atoms with Gasteiger partial charge in [-0.25, -0.2) is 0 Å². The van der Waals surface area contributed by atoms with Crippen molar-refractivity contribution < 1.29 is 23.9 Å². The average Bonchev–Trinajstić information content (AvgIpc) is 3.16. The first-order valence-electron chi connectivity index (χ1n) is 8.24. The van der Waals surface area contributed by atoms with Crippen molar-refractivity contribution in [3.05, 3.63) is 59.8 Å². The quantitative estimate of drug-likeness (QED) is 0.718. The van der Waals surface area contributed by atoms with Crippen LogP contribution in [-0.4, -0.2) is 42.3 Å². The number of phenols is 1. The number of amides is 1. The molecule has 0 saturated carbocycles. The fourth-order valence-electron chi connectivity index (χ4n) is 2.71. The summed E-state index contributed by atoms with van der Waals surface area (Å²) >= 11 is 0. The van der Waals surface area contributed by atoms with E-state index in [4.69, 9.17) is 14.0 Å². The Kier molecular flexibility index (Phi) is 5.30. The average molecular weight is 368 g/mol. The van der Waals surface area contributed by atoms with Gasteiger partial charge in [0.25, 0.3) is 5.91 Å². The summed E-state index contributed by atoms with van der Waals surface area (Å²) in [6.07, 6.45) is 0. The van der Waals surface area contributed by atoms with Crippen LogP contribution in [0.15, 0.2) is 53.1 Å². The molecule has 1 aromatic heterocycles. The van der Waals surface area contributed by atoms with Crippen molar-refractivity contribution in [2.24, 2.45) is 0 Å². The number of benzene rings is 2. The molecule has 0 unspecified atom stereocenters. The van der Waals surface area contributed by atoms with Gasteiger partial charge in [-0.15, -0.1) is 0 Å². The van der Waals surface area contributed by atoms with E-state index < -0.39 is 0 Å². The number of carbonyl (C=O) groups is 1. The Hall–Kier alpha value is -3.48. The monoisotopic (exact) mass is 368 g/mol. The third-order valence-corrected chi connectivity index (χ3v) is 4.08. The molecule has 2 aromatic carbocycles. The smallest absolute Gasteiger partial charge is 0.276 e. The van der Waals surface area contributed by atoms with Crippen LogP contribution in [0.5, 0.6) is 17.2 Å². The molecule has 1 amide bonds. The number of ether oxygens (including phenoxy) is 2. The van der Waals surface area contributed by atoms with Crippen LogP contribution in [0.2, 0.25) is 0 Å². The SMILES string of the molecule is COc1ccc(OC)c(-c2cc(C(=O)N(C)Cc3cccc(O)c3)no2)c1. The maximum Gasteiger partial charge on any atom is 0.276 e. The molecule has 140 valence electrons. The molecule has 0 radical (unpaired) electrons.